The molecule has 25 heavy (non-hydrogen) atoms. The van der Waals surface area contributed by atoms with Gasteiger partial charge in [-0.05, 0) is 24.3 Å². The van der Waals surface area contributed by atoms with Crippen LogP contribution >= 0.6 is 0 Å². The second-order valence-corrected chi connectivity index (χ2v) is 8.91. The van der Waals surface area contributed by atoms with Gasteiger partial charge < -0.3 is 0 Å². The lowest BCUT2D eigenvalue weighted by Gasteiger charge is -2.32. The van der Waals surface area contributed by atoms with Crippen LogP contribution in [0.5, 0.6) is 0 Å². The van der Waals surface area contributed by atoms with E-state index in [1.54, 1.807) is 17.5 Å². The van der Waals surface area contributed by atoms with Crippen LogP contribution in [0.1, 0.15) is 30.9 Å². The van der Waals surface area contributed by atoms with Crippen molar-refractivity contribution in [1.29, 1.82) is 0 Å². The van der Waals surface area contributed by atoms with Gasteiger partial charge in [-0.1, -0.05) is 37.3 Å². The molecular weight excluding hydrogens is 336 g/mol. The van der Waals surface area contributed by atoms with Crippen molar-refractivity contribution in [1.82, 2.24) is 18.4 Å². The van der Waals surface area contributed by atoms with Crippen molar-refractivity contribution in [3.05, 3.63) is 53.9 Å². The number of piperidine rings is 1. The van der Waals surface area contributed by atoms with Crippen LogP contribution in [0.3, 0.4) is 0 Å². The number of aromatic nitrogens is 2. The van der Waals surface area contributed by atoms with Gasteiger partial charge in [0.2, 0.25) is 0 Å². The summed E-state index contributed by atoms with van der Waals surface area (Å²) >= 11 is 0. The fraction of sp³-hybridized carbons (Fsp3) is 0.500. The van der Waals surface area contributed by atoms with Gasteiger partial charge in [-0.2, -0.15) is 22.1 Å². The second-order valence-electron chi connectivity index (χ2n) is 6.88. The molecule has 3 rings (SSSR count). The van der Waals surface area contributed by atoms with Crippen LogP contribution in [0.25, 0.3) is 0 Å². The van der Waals surface area contributed by atoms with Crippen molar-refractivity contribution >= 4 is 10.2 Å². The van der Waals surface area contributed by atoms with Crippen molar-refractivity contribution in [3.63, 3.8) is 0 Å². The standard InChI is InChI=1S/C18H26N4O2S/c1-16-8-10-22(11-9-16)25(23,24)20(2)13-18-12-19-21(15-18)14-17-6-4-3-5-7-17/h3-7,12,15-16H,8-11,13-14H2,1-2H3. The second kappa shape index (κ2) is 7.68. The van der Waals surface area contributed by atoms with E-state index in [1.807, 2.05) is 29.1 Å². The summed E-state index contributed by atoms with van der Waals surface area (Å²) in [5.41, 5.74) is 2.06. The number of hydrogen-bond donors (Lipinski definition) is 0. The third-order valence-electron chi connectivity index (χ3n) is 4.74. The van der Waals surface area contributed by atoms with E-state index in [9.17, 15) is 8.42 Å². The van der Waals surface area contributed by atoms with Crippen molar-refractivity contribution in [2.24, 2.45) is 5.92 Å². The number of hydrogen-bond acceptors (Lipinski definition) is 3. The zero-order valence-electron chi connectivity index (χ0n) is 14.9. The molecule has 0 aliphatic carbocycles. The van der Waals surface area contributed by atoms with Crippen LogP contribution < -0.4 is 0 Å². The monoisotopic (exact) mass is 362 g/mol. The topological polar surface area (TPSA) is 58.4 Å². The lowest BCUT2D eigenvalue weighted by atomic mass is 10.0. The lowest BCUT2D eigenvalue weighted by molar-refractivity contribution is 0.269. The molecular formula is C18H26N4O2S. The molecule has 0 bridgehead atoms. The summed E-state index contributed by atoms with van der Waals surface area (Å²) in [5, 5.41) is 4.35. The van der Waals surface area contributed by atoms with E-state index in [-0.39, 0.29) is 0 Å². The molecule has 6 nitrogen and oxygen atoms in total. The van der Waals surface area contributed by atoms with Gasteiger partial charge in [-0.25, -0.2) is 0 Å². The van der Waals surface area contributed by atoms with E-state index in [0.29, 0.717) is 32.1 Å². The maximum atomic E-state index is 12.7. The third kappa shape index (κ3) is 4.48. The van der Waals surface area contributed by atoms with Crippen LogP contribution in [0.2, 0.25) is 0 Å². The van der Waals surface area contributed by atoms with Gasteiger partial charge in [0, 0.05) is 38.4 Å². The van der Waals surface area contributed by atoms with Crippen LogP contribution in [-0.4, -0.2) is 46.9 Å². The zero-order valence-corrected chi connectivity index (χ0v) is 15.7. The minimum atomic E-state index is -3.40. The maximum Gasteiger partial charge on any atom is 0.282 e. The van der Waals surface area contributed by atoms with Crippen molar-refractivity contribution in [3.8, 4) is 0 Å². The Labute approximate surface area is 150 Å². The van der Waals surface area contributed by atoms with E-state index < -0.39 is 10.2 Å². The molecule has 0 spiro atoms. The highest BCUT2D eigenvalue weighted by molar-refractivity contribution is 7.86. The summed E-state index contributed by atoms with van der Waals surface area (Å²) in [4.78, 5) is 0. The Balaban J connectivity index is 1.62. The first-order chi connectivity index (χ1) is 11.9. The van der Waals surface area contributed by atoms with Crippen LogP contribution in [-0.2, 0) is 23.3 Å². The van der Waals surface area contributed by atoms with Gasteiger partial charge in [-0.15, -0.1) is 0 Å². The summed E-state index contributed by atoms with van der Waals surface area (Å²) in [7, 11) is -1.76. The average molecular weight is 362 g/mol. The molecule has 1 aromatic heterocycles. The first-order valence-electron chi connectivity index (χ1n) is 8.72. The minimum absolute atomic E-state index is 0.336. The fourth-order valence-electron chi connectivity index (χ4n) is 3.10. The third-order valence-corrected chi connectivity index (χ3v) is 6.68. The predicted octanol–water partition coefficient (Wildman–Crippen LogP) is 2.34. The first kappa shape index (κ1) is 18.1. The molecule has 0 N–H and O–H groups in total. The van der Waals surface area contributed by atoms with Gasteiger partial charge in [0.25, 0.3) is 10.2 Å². The van der Waals surface area contributed by atoms with Crippen LogP contribution in [0, 0.1) is 5.92 Å². The Bertz CT molecular complexity index is 780. The summed E-state index contributed by atoms with van der Waals surface area (Å²) in [6, 6.07) is 10.1. The highest BCUT2D eigenvalue weighted by atomic mass is 32.2. The molecule has 0 atom stereocenters. The largest absolute Gasteiger partial charge is 0.282 e. The molecule has 0 saturated carbocycles. The minimum Gasteiger partial charge on any atom is -0.268 e. The molecule has 136 valence electrons. The molecule has 0 radical (unpaired) electrons. The smallest absolute Gasteiger partial charge is 0.268 e. The fourth-order valence-corrected chi connectivity index (χ4v) is 4.48. The van der Waals surface area contributed by atoms with Crippen LogP contribution in [0.4, 0.5) is 0 Å². The Morgan fingerprint density at radius 2 is 1.84 bits per heavy atom. The van der Waals surface area contributed by atoms with Gasteiger partial charge in [0.05, 0.1) is 12.7 Å². The Kier molecular flexibility index (Phi) is 5.56. The molecule has 1 aromatic carbocycles. The number of benzene rings is 1. The van der Waals surface area contributed by atoms with Gasteiger partial charge in [-0.3, -0.25) is 4.68 Å². The van der Waals surface area contributed by atoms with E-state index in [4.69, 9.17) is 0 Å². The van der Waals surface area contributed by atoms with E-state index in [1.165, 1.54) is 9.87 Å². The Morgan fingerprint density at radius 1 is 1.16 bits per heavy atom. The van der Waals surface area contributed by atoms with E-state index in [2.05, 4.69) is 24.2 Å². The first-order valence-corrected chi connectivity index (χ1v) is 10.1. The zero-order chi connectivity index (χ0) is 17.9. The van der Waals surface area contributed by atoms with Gasteiger partial charge >= 0.3 is 0 Å². The summed E-state index contributed by atoms with van der Waals surface area (Å²) < 4.78 is 30.3. The number of rotatable bonds is 6. The molecule has 1 saturated heterocycles. The molecule has 1 aliphatic rings. The summed E-state index contributed by atoms with van der Waals surface area (Å²) in [5.74, 6) is 0.605. The summed E-state index contributed by atoms with van der Waals surface area (Å²) in [6.45, 7) is 4.42. The van der Waals surface area contributed by atoms with E-state index in [0.717, 1.165) is 18.4 Å². The van der Waals surface area contributed by atoms with Crippen LogP contribution in [0.15, 0.2) is 42.7 Å². The Hall–Kier alpha value is -1.70. The quantitative estimate of drug-likeness (QED) is 0.792. The SMILES string of the molecule is CC1CCN(S(=O)(=O)N(C)Cc2cnn(Cc3ccccc3)c2)CC1. The molecule has 1 aliphatic heterocycles. The average Bonchev–Trinajstić information content (AvgIpc) is 3.03. The molecule has 2 heterocycles. The molecule has 0 amide bonds. The molecule has 7 heteroatoms. The molecule has 0 unspecified atom stereocenters. The van der Waals surface area contributed by atoms with Gasteiger partial charge in [0.15, 0.2) is 0 Å². The highest BCUT2D eigenvalue weighted by Gasteiger charge is 2.30. The number of nitrogens with zero attached hydrogens (tertiary/aromatic N) is 4. The normalized spacial score (nSPS) is 17.2. The van der Waals surface area contributed by atoms with Gasteiger partial charge in [0.1, 0.15) is 0 Å². The maximum absolute atomic E-state index is 12.7. The van der Waals surface area contributed by atoms with Crippen molar-refractivity contribution in [2.75, 3.05) is 20.1 Å². The van der Waals surface area contributed by atoms with E-state index >= 15 is 0 Å². The lowest BCUT2D eigenvalue weighted by Crippen LogP contribution is -2.45. The summed E-state index contributed by atoms with van der Waals surface area (Å²) in [6.07, 6.45) is 5.52. The molecule has 2 aromatic rings. The Morgan fingerprint density at radius 3 is 2.52 bits per heavy atom. The predicted molar refractivity (Wildman–Crippen MR) is 98.1 cm³/mol. The van der Waals surface area contributed by atoms with Crippen molar-refractivity contribution in [2.45, 2.75) is 32.9 Å². The highest BCUT2D eigenvalue weighted by Crippen LogP contribution is 2.21. The molecule has 1 fully saturated rings. The van der Waals surface area contributed by atoms with Crippen molar-refractivity contribution < 1.29 is 8.42 Å².